The van der Waals surface area contributed by atoms with Crippen molar-refractivity contribution in [3.05, 3.63) is 58.9 Å². The van der Waals surface area contributed by atoms with Gasteiger partial charge < -0.3 is 14.6 Å². The van der Waals surface area contributed by atoms with Crippen LogP contribution in [0.1, 0.15) is 18.1 Å². The van der Waals surface area contributed by atoms with Crippen molar-refractivity contribution in [2.24, 2.45) is 4.99 Å². The van der Waals surface area contributed by atoms with E-state index < -0.39 is 0 Å². The molecule has 0 bridgehead atoms. The molecule has 0 saturated carbocycles. The van der Waals surface area contributed by atoms with E-state index in [1.54, 1.807) is 0 Å². The second-order valence-corrected chi connectivity index (χ2v) is 7.16. The number of aliphatic imine (C=N–C) groups is 1. The zero-order valence-corrected chi connectivity index (χ0v) is 16.2. The molecule has 0 amide bonds. The van der Waals surface area contributed by atoms with Crippen molar-refractivity contribution in [3.8, 4) is 0 Å². The summed E-state index contributed by atoms with van der Waals surface area (Å²) in [5.41, 5.74) is 4.42. The fourth-order valence-electron chi connectivity index (χ4n) is 3.37. The van der Waals surface area contributed by atoms with Crippen LogP contribution in [0.2, 0.25) is 5.02 Å². The van der Waals surface area contributed by atoms with E-state index in [1.165, 1.54) is 10.9 Å². The number of nitrogens with one attached hydrogen (secondary N) is 1. The SMILES string of the molecule is CC(=NCCc1c[nH]c2ccc(Cl)cc12)c1ccc(N2CCOCC2)nc1. The predicted molar refractivity (Wildman–Crippen MR) is 111 cm³/mol. The van der Waals surface area contributed by atoms with Crippen molar-refractivity contribution in [1.29, 1.82) is 0 Å². The number of hydrogen-bond donors (Lipinski definition) is 1. The molecule has 1 fully saturated rings. The Morgan fingerprint density at radius 2 is 2.11 bits per heavy atom. The van der Waals surface area contributed by atoms with Crippen LogP contribution in [-0.2, 0) is 11.2 Å². The molecule has 5 nitrogen and oxygen atoms in total. The third kappa shape index (κ3) is 4.15. The lowest BCUT2D eigenvalue weighted by atomic mass is 10.1. The molecule has 0 unspecified atom stereocenters. The first-order valence-electron chi connectivity index (χ1n) is 9.26. The van der Waals surface area contributed by atoms with Gasteiger partial charge in [0.05, 0.1) is 13.2 Å². The summed E-state index contributed by atoms with van der Waals surface area (Å²) in [4.78, 5) is 14.9. The van der Waals surface area contributed by atoms with Crippen LogP contribution in [0.3, 0.4) is 0 Å². The number of anilines is 1. The van der Waals surface area contributed by atoms with Crippen LogP contribution in [0.4, 0.5) is 5.82 Å². The molecule has 1 N–H and O–H groups in total. The summed E-state index contributed by atoms with van der Waals surface area (Å²) in [6.07, 6.45) is 4.83. The van der Waals surface area contributed by atoms with E-state index in [9.17, 15) is 0 Å². The van der Waals surface area contributed by atoms with E-state index in [1.807, 2.05) is 37.5 Å². The van der Waals surface area contributed by atoms with Gasteiger partial charge in [0.1, 0.15) is 5.82 Å². The third-order valence-electron chi connectivity index (χ3n) is 4.96. The minimum absolute atomic E-state index is 0.733. The van der Waals surface area contributed by atoms with Gasteiger partial charge >= 0.3 is 0 Å². The van der Waals surface area contributed by atoms with Crippen LogP contribution in [0.15, 0.2) is 47.7 Å². The number of benzene rings is 1. The molecule has 1 aromatic carbocycles. The number of pyridine rings is 1. The minimum Gasteiger partial charge on any atom is -0.378 e. The molecule has 6 heteroatoms. The summed E-state index contributed by atoms with van der Waals surface area (Å²) in [6, 6.07) is 10.1. The number of H-pyrrole nitrogens is 1. The van der Waals surface area contributed by atoms with Gasteiger partial charge in [0.25, 0.3) is 0 Å². The van der Waals surface area contributed by atoms with Crippen molar-refractivity contribution in [2.45, 2.75) is 13.3 Å². The summed E-state index contributed by atoms with van der Waals surface area (Å²) < 4.78 is 5.39. The molecule has 1 aliphatic rings. The Morgan fingerprint density at radius 1 is 1.26 bits per heavy atom. The lowest BCUT2D eigenvalue weighted by Gasteiger charge is -2.27. The fraction of sp³-hybridized carbons (Fsp3) is 0.333. The highest BCUT2D eigenvalue weighted by Gasteiger charge is 2.12. The Kier molecular flexibility index (Phi) is 5.41. The molecule has 3 aromatic rings. The van der Waals surface area contributed by atoms with E-state index in [-0.39, 0.29) is 0 Å². The molecule has 1 saturated heterocycles. The van der Waals surface area contributed by atoms with Crippen LogP contribution in [0.5, 0.6) is 0 Å². The summed E-state index contributed by atoms with van der Waals surface area (Å²) in [5.74, 6) is 1.01. The van der Waals surface area contributed by atoms with E-state index in [0.717, 1.165) is 66.9 Å². The molecule has 0 atom stereocenters. The van der Waals surface area contributed by atoms with E-state index in [2.05, 4.69) is 27.0 Å². The van der Waals surface area contributed by atoms with Gasteiger partial charge in [0.2, 0.25) is 0 Å². The topological polar surface area (TPSA) is 53.5 Å². The molecule has 1 aliphatic heterocycles. The van der Waals surface area contributed by atoms with Gasteiger partial charge in [-0.15, -0.1) is 0 Å². The molecule has 3 heterocycles. The molecule has 2 aromatic heterocycles. The lowest BCUT2D eigenvalue weighted by molar-refractivity contribution is 0.122. The molecule has 4 rings (SSSR count). The Labute approximate surface area is 164 Å². The van der Waals surface area contributed by atoms with Gasteiger partial charge in [-0.25, -0.2) is 4.98 Å². The Hall–Kier alpha value is -2.37. The molecular weight excluding hydrogens is 360 g/mol. The summed E-state index contributed by atoms with van der Waals surface area (Å²) >= 11 is 6.12. The predicted octanol–water partition coefficient (Wildman–Crippen LogP) is 4.10. The monoisotopic (exact) mass is 382 g/mol. The number of aromatic nitrogens is 2. The van der Waals surface area contributed by atoms with Gasteiger partial charge in [-0.2, -0.15) is 0 Å². The number of hydrogen-bond acceptors (Lipinski definition) is 4. The number of ether oxygens (including phenoxy) is 1. The Balaban J connectivity index is 1.40. The Bertz CT molecular complexity index is 942. The van der Waals surface area contributed by atoms with Crippen LogP contribution < -0.4 is 4.90 Å². The second kappa shape index (κ2) is 8.11. The van der Waals surface area contributed by atoms with Gasteiger partial charge in [-0.1, -0.05) is 11.6 Å². The standard InChI is InChI=1S/C21H23ClN4O/c1-15(16-2-5-21(25-13-16)26-8-10-27-11-9-26)23-7-6-17-14-24-20-4-3-18(22)12-19(17)20/h2-5,12-14,24H,6-11H2,1H3. The molecular formula is C21H23ClN4O. The maximum Gasteiger partial charge on any atom is 0.128 e. The normalized spacial score (nSPS) is 15.5. The molecule has 27 heavy (non-hydrogen) atoms. The van der Waals surface area contributed by atoms with Crippen LogP contribution in [-0.4, -0.2) is 48.5 Å². The average molecular weight is 383 g/mol. The summed E-state index contributed by atoms with van der Waals surface area (Å²) in [6.45, 7) is 6.10. The van der Waals surface area contributed by atoms with Crippen molar-refractivity contribution in [2.75, 3.05) is 37.7 Å². The number of rotatable bonds is 5. The van der Waals surface area contributed by atoms with Crippen molar-refractivity contribution < 1.29 is 4.74 Å². The van der Waals surface area contributed by atoms with Gasteiger partial charge in [-0.05, 0) is 49.2 Å². The minimum atomic E-state index is 0.733. The number of fused-ring (bicyclic) bond motifs is 1. The largest absolute Gasteiger partial charge is 0.378 e. The van der Waals surface area contributed by atoms with Crippen molar-refractivity contribution in [3.63, 3.8) is 0 Å². The van der Waals surface area contributed by atoms with E-state index >= 15 is 0 Å². The molecule has 0 aliphatic carbocycles. The average Bonchev–Trinajstić information content (AvgIpc) is 3.11. The zero-order valence-electron chi connectivity index (χ0n) is 15.4. The van der Waals surface area contributed by atoms with Crippen molar-refractivity contribution in [1.82, 2.24) is 9.97 Å². The number of halogens is 1. The first kappa shape index (κ1) is 18.0. The van der Waals surface area contributed by atoms with Crippen molar-refractivity contribution >= 4 is 34.0 Å². The first-order valence-corrected chi connectivity index (χ1v) is 9.64. The lowest BCUT2D eigenvalue weighted by Crippen LogP contribution is -2.36. The summed E-state index contributed by atoms with van der Waals surface area (Å²) in [7, 11) is 0. The summed E-state index contributed by atoms with van der Waals surface area (Å²) in [5, 5.41) is 1.93. The molecule has 0 radical (unpaired) electrons. The number of morpholine rings is 1. The molecule has 140 valence electrons. The highest BCUT2D eigenvalue weighted by molar-refractivity contribution is 6.31. The van der Waals surface area contributed by atoms with Gasteiger partial charge in [0, 0.05) is 59.2 Å². The smallest absolute Gasteiger partial charge is 0.128 e. The highest BCUT2D eigenvalue weighted by Crippen LogP contribution is 2.22. The highest BCUT2D eigenvalue weighted by atomic mass is 35.5. The van der Waals surface area contributed by atoms with Crippen LogP contribution >= 0.6 is 11.6 Å². The van der Waals surface area contributed by atoms with E-state index in [4.69, 9.17) is 21.3 Å². The van der Waals surface area contributed by atoms with Gasteiger partial charge in [0.15, 0.2) is 0 Å². The quantitative estimate of drug-likeness (QED) is 0.676. The number of nitrogens with zero attached hydrogens (tertiary/aromatic N) is 3. The van der Waals surface area contributed by atoms with Crippen LogP contribution in [0, 0.1) is 0 Å². The molecule has 0 spiro atoms. The third-order valence-corrected chi connectivity index (χ3v) is 5.20. The maximum atomic E-state index is 6.12. The second-order valence-electron chi connectivity index (χ2n) is 6.73. The maximum absolute atomic E-state index is 6.12. The Morgan fingerprint density at radius 3 is 2.89 bits per heavy atom. The fourth-order valence-corrected chi connectivity index (χ4v) is 3.54. The van der Waals surface area contributed by atoms with Gasteiger partial charge in [-0.3, -0.25) is 4.99 Å². The first-order chi connectivity index (χ1) is 13.2. The van der Waals surface area contributed by atoms with Crippen LogP contribution in [0.25, 0.3) is 10.9 Å². The zero-order chi connectivity index (χ0) is 18.6. The number of aromatic amines is 1. The van der Waals surface area contributed by atoms with E-state index in [0.29, 0.717) is 0 Å².